The highest BCUT2D eigenvalue weighted by atomic mass is 16.5. The molecular formula is C12H20N4O3. The van der Waals surface area contributed by atoms with E-state index in [2.05, 4.69) is 15.6 Å². The number of aliphatic hydroxyl groups excluding tert-OH is 1. The van der Waals surface area contributed by atoms with Gasteiger partial charge in [-0.25, -0.2) is 9.48 Å². The number of aliphatic hydroxyl groups is 1. The molecule has 1 aromatic rings. The largest absolute Gasteiger partial charge is 0.468 e. The molecule has 0 amide bonds. The molecule has 2 N–H and O–H groups in total. The summed E-state index contributed by atoms with van der Waals surface area (Å²) in [5.74, 6) is -0.358. The highest BCUT2D eigenvalue weighted by Gasteiger charge is 2.28. The Balaban J connectivity index is 2.08. The van der Waals surface area contributed by atoms with E-state index >= 15 is 0 Å². The van der Waals surface area contributed by atoms with E-state index < -0.39 is 6.04 Å². The van der Waals surface area contributed by atoms with Gasteiger partial charge in [0.25, 0.3) is 0 Å². The first-order valence-corrected chi connectivity index (χ1v) is 6.59. The molecule has 0 aliphatic heterocycles. The quantitative estimate of drug-likeness (QED) is 0.707. The lowest BCUT2D eigenvalue weighted by atomic mass is 10.1. The van der Waals surface area contributed by atoms with Gasteiger partial charge in [0.2, 0.25) is 0 Å². The number of esters is 1. The van der Waals surface area contributed by atoms with Gasteiger partial charge in [0.15, 0.2) is 6.04 Å². The molecule has 1 aliphatic rings. The summed E-state index contributed by atoms with van der Waals surface area (Å²) >= 11 is 0. The van der Waals surface area contributed by atoms with Crippen molar-refractivity contribution in [2.75, 3.05) is 13.7 Å². The maximum Gasteiger partial charge on any atom is 0.329 e. The summed E-state index contributed by atoms with van der Waals surface area (Å²) in [5.41, 5.74) is 0.534. The number of ether oxygens (including phenoxy) is 1. The van der Waals surface area contributed by atoms with E-state index in [4.69, 9.17) is 9.84 Å². The molecule has 0 bridgehead atoms. The van der Waals surface area contributed by atoms with Crippen LogP contribution in [-0.4, -0.2) is 45.8 Å². The fraction of sp³-hybridized carbons (Fsp3) is 0.750. The molecule has 0 aromatic carbocycles. The third-order valence-corrected chi connectivity index (χ3v) is 3.38. The monoisotopic (exact) mass is 268 g/mol. The van der Waals surface area contributed by atoms with E-state index in [-0.39, 0.29) is 12.6 Å². The molecule has 0 saturated heterocycles. The van der Waals surface area contributed by atoms with E-state index in [9.17, 15) is 4.79 Å². The van der Waals surface area contributed by atoms with Crippen LogP contribution in [0.25, 0.3) is 0 Å². The molecule has 7 nitrogen and oxygen atoms in total. The topological polar surface area (TPSA) is 89.3 Å². The highest BCUT2D eigenvalue weighted by molar-refractivity contribution is 5.76. The standard InChI is InChI=1S/C12H20N4O3/c1-19-12(18)11(13-9-4-2-3-5-9)10-8-16(6-7-17)15-14-10/h8-9,11,13,17H,2-7H2,1H3. The second kappa shape index (κ2) is 6.63. The van der Waals surface area contributed by atoms with Crippen molar-refractivity contribution in [1.82, 2.24) is 20.3 Å². The number of carbonyl (C=O) groups excluding carboxylic acids is 1. The summed E-state index contributed by atoms with van der Waals surface area (Å²) in [6.45, 7) is 0.353. The zero-order valence-electron chi connectivity index (χ0n) is 11.1. The maximum absolute atomic E-state index is 11.9. The summed E-state index contributed by atoms with van der Waals surface area (Å²) in [4.78, 5) is 11.9. The molecule has 1 heterocycles. The minimum absolute atomic E-state index is 0.0122. The summed E-state index contributed by atoms with van der Waals surface area (Å²) < 4.78 is 6.33. The lowest BCUT2D eigenvalue weighted by Crippen LogP contribution is -2.36. The Morgan fingerprint density at radius 2 is 2.37 bits per heavy atom. The Morgan fingerprint density at radius 3 is 3.00 bits per heavy atom. The molecule has 1 fully saturated rings. The minimum Gasteiger partial charge on any atom is -0.468 e. The van der Waals surface area contributed by atoms with Crippen LogP contribution in [0.3, 0.4) is 0 Å². The first kappa shape index (κ1) is 14.0. The van der Waals surface area contributed by atoms with Crippen LogP contribution < -0.4 is 5.32 Å². The second-order valence-corrected chi connectivity index (χ2v) is 4.73. The van der Waals surface area contributed by atoms with Gasteiger partial charge in [0.05, 0.1) is 26.5 Å². The van der Waals surface area contributed by atoms with Crippen molar-refractivity contribution in [1.29, 1.82) is 0 Å². The first-order valence-electron chi connectivity index (χ1n) is 6.59. The SMILES string of the molecule is COC(=O)C(NC1CCCC1)c1cn(CCO)nn1. The van der Waals surface area contributed by atoms with Gasteiger partial charge in [-0.1, -0.05) is 18.1 Å². The zero-order chi connectivity index (χ0) is 13.7. The van der Waals surface area contributed by atoms with Crippen LogP contribution in [0.15, 0.2) is 6.20 Å². The van der Waals surface area contributed by atoms with E-state index in [1.165, 1.54) is 24.6 Å². The van der Waals surface area contributed by atoms with Crippen LogP contribution >= 0.6 is 0 Å². The Bertz CT molecular complexity index is 415. The Kier molecular flexibility index (Phi) is 4.86. The van der Waals surface area contributed by atoms with Crippen molar-refractivity contribution < 1.29 is 14.6 Å². The molecular weight excluding hydrogens is 248 g/mol. The van der Waals surface area contributed by atoms with Crippen LogP contribution in [0.1, 0.15) is 37.4 Å². The van der Waals surface area contributed by atoms with E-state index in [1.807, 2.05) is 0 Å². The predicted octanol–water partition coefficient (Wildman–Crippen LogP) is 0.0167. The van der Waals surface area contributed by atoms with Gasteiger partial charge in [-0.3, -0.25) is 5.32 Å². The van der Waals surface area contributed by atoms with Crippen molar-refractivity contribution in [3.8, 4) is 0 Å². The molecule has 2 rings (SSSR count). The average molecular weight is 268 g/mol. The lowest BCUT2D eigenvalue weighted by Gasteiger charge is -2.18. The Hall–Kier alpha value is -1.47. The molecule has 19 heavy (non-hydrogen) atoms. The maximum atomic E-state index is 11.9. The summed E-state index contributed by atoms with van der Waals surface area (Å²) in [7, 11) is 1.36. The number of nitrogens with zero attached hydrogens (tertiary/aromatic N) is 3. The van der Waals surface area contributed by atoms with Gasteiger partial charge in [-0.2, -0.15) is 0 Å². The smallest absolute Gasteiger partial charge is 0.329 e. The number of methoxy groups -OCH3 is 1. The molecule has 7 heteroatoms. The highest BCUT2D eigenvalue weighted by Crippen LogP contribution is 2.22. The van der Waals surface area contributed by atoms with Crippen molar-refractivity contribution in [2.24, 2.45) is 0 Å². The Morgan fingerprint density at radius 1 is 1.63 bits per heavy atom. The van der Waals surface area contributed by atoms with Gasteiger partial charge in [-0.05, 0) is 12.8 Å². The summed E-state index contributed by atoms with van der Waals surface area (Å²) in [6, 6.07) is -0.257. The van der Waals surface area contributed by atoms with Crippen molar-refractivity contribution >= 4 is 5.97 Å². The summed E-state index contributed by atoms with van der Waals surface area (Å²) in [5, 5.41) is 20.0. The van der Waals surface area contributed by atoms with Crippen LogP contribution in [-0.2, 0) is 16.1 Å². The van der Waals surface area contributed by atoms with Gasteiger partial charge in [-0.15, -0.1) is 5.10 Å². The van der Waals surface area contributed by atoms with Gasteiger partial charge in [0, 0.05) is 6.04 Å². The van der Waals surface area contributed by atoms with Crippen molar-refractivity contribution in [3.63, 3.8) is 0 Å². The molecule has 1 saturated carbocycles. The lowest BCUT2D eigenvalue weighted by molar-refractivity contribution is -0.143. The van der Waals surface area contributed by atoms with Crippen molar-refractivity contribution in [3.05, 3.63) is 11.9 Å². The fourth-order valence-electron chi connectivity index (χ4n) is 2.38. The second-order valence-electron chi connectivity index (χ2n) is 4.73. The van der Waals surface area contributed by atoms with Crippen LogP contribution in [0.4, 0.5) is 0 Å². The van der Waals surface area contributed by atoms with Crippen LogP contribution in [0.5, 0.6) is 0 Å². The molecule has 0 radical (unpaired) electrons. The number of carbonyl (C=O) groups is 1. The number of hydrogen-bond donors (Lipinski definition) is 2. The minimum atomic E-state index is -0.583. The van der Waals surface area contributed by atoms with Gasteiger partial charge < -0.3 is 9.84 Å². The zero-order valence-corrected chi connectivity index (χ0v) is 11.1. The van der Waals surface area contributed by atoms with Crippen LogP contribution in [0.2, 0.25) is 0 Å². The summed E-state index contributed by atoms with van der Waals surface area (Å²) in [6.07, 6.45) is 6.17. The normalized spacial score (nSPS) is 17.6. The number of nitrogens with one attached hydrogen (secondary N) is 1. The number of aromatic nitrogens is 3. The average Bonchev–Trinajstić information content (AvgIpc) is 3.06. The molecule has 1 unspecified atom stereocenters. The molecule has 0 spiro atoms. The van der Waals surface area contributed by atoms with Crippen LogP contribution in [0, 0.1) is 0 Å². The van der Waals surface area contributed by atoms with E-state index in [0.29, 0.717) is 18.3 Å². The molecule has 1 atom stereocenters. The number of rotatable bonds is 6. The molecule has 106 valence electrons. The third-order valence-electron chi connectivity index (χ3n) is 3.38. The Labute approximate surface area is 111 Å². The first-order chi connectivity index (χ1) is 9.24. The van der Waals surface area contributed by atoms with E-state index in [1.54, 1.807) is 6.20 Å². The van der Waals surface area contributed by atoms with Gasteiger partial charge in [0.1, 0.15) is 5.69 Å². The fourth-order valence-corrected chi connectivity index (χ4v) is 2.38. The molecule has 1 aromatic heterocycles. The predicted molar refractivity (Wildman–Crippen MR) is 67.3 cm³/mol. The molecule has 1 aliphatic carbocycles. The van der Waals surface area contributed by atoms with Gasteiger partial charge >= 0.3 is 5.97 Å². The number of hydrogen-bond acceptors (Lipinski definition) is 6. The van der Waals surface area contributed by atoms with Crippen molar-refractivity contribution in [2.45, 2.75) is 44.3 Å². The third kappa shape index (κ3) is 3.51. The van der Waals surface area contributed by atoms with E-state index in [0.717, 1.165) is 12.8 Å².